The van der Waals surface area contributed by atoms with E-state index in [1.807, 2.05) is 29.8 Å². The highest BCUT2D eigenvalue weighted by Gasteiger charge is 2.25. The van der Waals surface area contributed by atoms with Crippen molar-refractivity contribution in [1.82, 2.24) is 24.4 Å². The van der Waals surface area contributed by atoms with E-state index in [2.05, 4.69) is 63.4 Å². The Labute approximate surface area is 180 Å². The molecule has 31 heavy (non-hydrogen) atoms. The van der Waals surface area contributed by atoms with Crippen LogP contribution in [0.4, 0.5) is 0 Å². The van der Waals surface area contributed by atoms with Crippen LogP contribution in [-0.2, 0) is 11.9 Å². The monoisotopic (exact) mass is 416 g/mol. The van der Waals surface area contributed by atoms with Gasteiger partial charge >= 0.3 is 0 Å². The minimum absolute atomic E-state index is 0.0407. The van der Waals surface area contributed by atoms with Gasteiger partial charge in [-0.2, -0.15) is 0 Å². The fourth-order valence-corrected chi connectivity index (χ4v) is 4.09. The first-order valence-electron chi connectivity index (χ1n) is 10.1. The van der Waals surface area contributed by atoms with Crippen LogP contribution in [0.3, 0.4) is 0 Å². The first-order chi connectivity index (χ1) is 15.0. The Morgan fingerprint density at radius 3 is 2.81 bits per heavy atom. The van der Waals surface area contributed by atoms with Gasteiger partial charge in [0.05, 0.1) is 25.2 Å². The van der Waals surface area contributed by atoms with E-state index >= 15 is 0 Å². The lowest BCUT2D eigenvalue weighted by atomic mass is 10.0. The lowest BCUT2D eigenvalue weighted by molar-refractivity contribution is 0.109. The highest BCUT2D eigenvalue weighted by molar-refractivity contribution is 5.98. The number of imidazole rings is 1. The van der Waals surface area contributed by atoms with Crippen LogP contribution in [0.5, 0.6) is 5.88 Å². The number of oxime groups is 1. The highest BCUT2D eigenvalue weighted by atomic mass is 16.6. The summed E-state index contributed by atoms with van der Waals surface area (Å²) in [5, 5.41) is 8.98. The van der Waals surface area contributed by atoms with Crippen LogP contribution >= 0.6 is 0 Å². The van der Waals surface area contributed by atoms with Crippen LogP contribution < -0.4 is 10.1 Å². The molecule has 1 unspecified atom stereocenters. The minimum atomic E-state index is -0.0407. The van der Waals surface area contributed by atoms with E-state index in [0.29, 0.717) is 24.0 Å². The molecule has 8 heteroatoms. The van der Waals surface area contributed by atoms with E-state index in [-0.39, 0.29) is 6.04 Å². The fourth-order valence-electron chi connectivity index (χ4n) is 4.09. The van der Waals surface area contributed by atoms with Crippen LogP contribution in [0.25, 0.3) is 16.6 Å². The van der Waals surface area contributed by atoms with Gasteiger partial charge in [-0.15, -0.1) is 0 Å². The number of methoxy groups -OCH3 is 1. The van der Waals surface area contributed by atoms with Gasteiger partial charge in [0.25, 0.3) is 0 Å². The molecule has 4 heterocycles. The number of fused-ring (bicyclic) bond motifs is 1. The largest absolute Gasteiger partial charge is 0.479 e. The number of hydrogen-bond donors (Lipinski definition) is 1. The summed E-state index contributed by atoms with van der Waals surface area (Å²) in [6.07, 6.45) is 5.82. The summed E-state index contributed by atoms with van der Waals surface area (Å²) in [5.41, 5.74) is 6.00. The van der Waals surface area contributed by atoms with E-state index in [1.165, 1.54) is 22.0 Å². The average molecular weight is 416 g/mol. The topological polar surface area (TPSA) is 78.5 Å². The molecular formula is C23H24N6O2. The van der Waals surface area contributed by atoms with Gasteiger partial charge in [-0.3, -0.25) is 0 Å². The number of ether oxygens (including phenoxy) is 1. The summed E-state index contributed by atoms with van der Waals surface area (Å²) in [6.45, 7) is 4.52. The van der Waals surface area contributed by atoms with Crippen LogP contribution in [0.2, 0.25) is 0 Å². The number of amidine groups is 1. The van der Waals surface area contributed by atoms with Crippen LogP contribution in [0.1, 0.15) is 28.6 Å². The predicted octanol–water partition coefficient (Wildman–Crippen LogP) is 3.41. The molecule has 5 rings (SSSR count). The Morgan fingerprint density at radius 2 is 2.03 bits per heavy atom. The number of nitrogens with zero attached hydrogens (tertiary/aromatic N) is 5. The Morgan fingerprint density at radius 1 is 1.16 bits per heavy atom. The molecule has 0 bridgehead atoms. The maximum atomic E-state index is 5.61. The molecule has 0 amide bonds. The molecule has 0 spiro atoms. The van der Waals surface area contributed by atoms with Gasteiger partial charge in [0.15, 0.2) is 5.84 Å². The molecule has 1 N–H and O–H groups in total. The third-order valence-electron chi connectivity index (χ3n) is 5.60. The van der Waals surface area contributed by atoms with Crippen LogP contribution in [0.15, 0.2) is 54.2 Å². The van der Waals surface area contributed by atoms with E-state index < -0.39 is 0 Å². The van der Waals surface area contributed by atoms with Crippen molar-refractivity contribution >= 4 is 16.7 Å². The molecule has 1 aliphatic rings. The quantitative estimate of drug-likeness (QED) is 0.552. The van der Waals surface area contributed by atoms with Crippen molar-refractivity contribution in [1.29, 1.82) is 0 Å². The standard InChI is InChI=1S/C23H24N6O2/c1-14-6-5-7-19-21(14)16(11-28(19)3)18-12-31-27-22(25-18)17-8-9-20(23(26-17)30-4)29-10-15(2)24-13-29/h5-11,13,18H,12H2,1-4H3,(H,25,27). The number of rotatable bonds is 4. The van der Waals surface area contributed by atoms with Crippen molar-refractivity contribution in [3.05, 3.63) is 71.6 Å². The SMILES string of the molecule is COc1nc(C2=NOCC(c3cn(C)c4cccc(C)c34)N2)ccc1-n1cnc(C)c1. The maximum Gasteiger partial charge on any atom is 0.238 e. The molecule has 0 aliphatic carbocycles. The smallest absolute Gasteiger partial charge is 0.238 e. The Balaban J connectivity index is 1.48. The summed E-state index contributed by atoms with van der Waals surface area (Å²) in [6, 6.07) is 10.2. The van der Waals surface area contributed by atoms with Crippen molar-refractivity contribution in [2.75, 3.05) is 13.7 Å². The fraction of sp³-hybridized carbons (Fsp3) is 0.261. The zero-order valence-corrected chi connectivity index (χ0v) is 18.0. The lowest BCUT2D eigenvalue weighted by Gasteiger charge is -2.24. The van der Waals surface area contributed by atoms with Crippen molar-refractivity contribution in [2.45, 2.75) is 19.9 Å². The number of hydrogen-bond acceptors (Lipinski definition) is 6. The van der Waals surface area contributed by atoms with Crippen molar-refractivity contribution in [3.63, 3.8) is 0 Å². The van der Waals surface area contributed by atoms with Crippen molar-refractivity contribution < 1.29 is 9.57 Å². The summed E-state index contributed by atoms with van der Waals surface area (Å²) in [7, 11) is 3.67. The zero-order valence-electron chi connectivity index (χ0n) is 18.0. The summed E-state index contributed by atoms with van der Waals surface area (Å²) in [4.78, 5) is 14.6. The number of aromatic nitrogens is 4. The van der Waals surface area contributed by atoms with Gasteiger partial charge in [-0.25, -0.2) is 9.97 Å². The van der Waals surface area contributed by atoms with Crippen molar-refractivity contribution in [3.8, 4) is 11.6 Å². The molecule has 8 nitrogen and oxygen atoms in total. The third kappa shape index (κ3) is 3.30. The first kappa shape index (κ1) is 19.2. The van der Waals surface area contributed by atoms with Crippen LogP contribution in [-0.4, -0.2) is 38.7 Å². The lowest BCUT2D eigenvalue weighted by Crippen LogP contribution is -2.36. The van der Waals surface area contributed by atoms with E-state index in [1.54, 1.807) is 13.4 Å². The number of aryl methyl sites for hydroxylation is 3. The molecule has 4 aromatic rings. The van der Waals surface area contributed by atoms with Gasteiger partial charge in [0.1, 0.15) is 18.0 Å². The summed E-state index contributed by atoms with van der Waals surface area (Å²) in [5.74, 6) is 1.07. The normalized spacial score (nSPS) is 16.0. The number of nitrogens with one attached hydrogen (secondary N) is 1. The maximum absolute atomic E-state index is 5.61. The predicted molar refractivity (Wildman–Crippen MR) is 119 cm³/mol. The molecule has 0 radical (unpaired) electrons. The molecule has 1 aliphatic heterocycles. The first-order valence-corrected chi connectivity index (χ1v) is 10.1. The Bertz CT molecular complexity index is 1300. The molecule has 0 fully saturated rings. The van der Waals surface area contributed by atoms with E-state index in [0.717, 1.165) is 11.4 Å². The van der Waals surface area contributed by atoms with Crippen molar-refractivity contribution in [2.24, 2.45) is 12.2 Å². The van der Waals surface area contributed by atoms with Gasteiger partial charge in [0.2, 0.25) is 5.88 Å². The molecule has 3 aromatic heterocycles. The second kappa shape index (κ2) is 7.46. The summed E-state index contributed by atoms with van der Waals surface area (Å²) >= 11 is 0. The Hall–Kier alpha value is -3.81. The zero-order chi connectivity index (χ0) is 21.5. The molecule has 1 atom stereocenters. The average Bonchev–Trinajstić information content (AvgIpc) is 3.37. The van der Waals surface area contributed by atoms with Gasteiger partial charge in [-0.1, -0.05) is 17.3 Å². The molecule has 0 saturated carbocycles. The van der Waals surface area contributed by atoms with E-state index in [9.17, 15) is 0 Å². The summed E-state index contributed by atoms with van der Waals surface area (Å²) < 4.78 is 9.58. The van der Waals surface area contributed by atoms with Gasteiger partial charge < -0.3 is 24.0 Å². The Kier molecular flexibility index (Phi) is 4.62. The minimum Gasteiger partial charge on any atom is -0.479 e. The number of benzene rings is 1. The third-order valence-corrected chi connectivity index (χ3v) is 5.60. The molecular weight excluding hydrogens is 392 g/mol. The van der Waals surface area contributed by atoms with Crippen LogP contribution in [0, 0.1) is 13.8 Å². The molecule has 0 saturated heterocycles. The molecule has 158 valence electrons. The second-order valence-electron chi connectivity index (χ2n) is 7.74. The number of pyridine rings is 1. The molecule has 1 aromatic carbocycles. The van der Waals surface area contributed by atoms with E-state index in [4.69, 9.17) is 9.57 Å². The highest BCUT2D eigenvalue weighted by Crippen LogP contribution is 2.30. The van der Waals surface area contributed by atoms with Gasteiger partial charge in [-0.05, 0) is 37.6 Å². The second-order valence-corrected chi connectivity index (χ2v) is 7.74. The van der Waals surface area contributed by atoms with Gasteiger partial charge in [0, 0.05) is 35.9 Å².